The van der Waals surface area contributed by atoms with Crippen LogP contribution in [0.15, 0.2) is 23.8 Å². The third-order valence-corrected chi connectivity index (χ3v) is 1.65. The Kier molecular flexibility index (Phi) is 63.7. The van der Waals surface area contributed by atoms with Crippen LogP contribution < -0.4 is 0 Å². The fraction of sp³-hybridized carbons (Fsp3) is 0.765. The molecule has 0 radical (unpaired) electrons. The van der Waals surface area contributed by atoms with Crippen molar-refractivity contribution in [1.82, 2.24) is 0 Å². The molecular formula is C17H40. The quantitative estimate of drug-likeness (QED) is 0.425. The highest BCUT2D eigenvalue weighted by atomic mass is 14.0. The van der Waals surface area contributed by atoms with Crippen molar-refractivity contribution in [1.29, 1.82) is 0 Å². The zero-order valence-electron chi connectivity index (χ0n) is 14.9. The summed E-state index contributed by atoms with van der Waals surface area (Å²) in [6.45, 7) is 28.2. The Morgan fingerprint density at radius 3 is 1.00 bits per heavy atom. The van der Waals surface area contributed by atoms with E-state index in [-0.39, 0.29) is 0 Å². The van der Waals surface area contributed by atoms with Crippen LogP contribution in [-0.2, 0) is 0 Å². The molecule has 0 unspecified atom stereocenters. The van der Waals surface area contributed by atoms with Crippen LogP contribution >= 0.6 is 0 Å². The molecule has 0 fully saturated rings. The van der Waals surface area contributed by atoms with E-state index in [9.17, 15) is 0 Å². The number of hydrogen-bond donors (Lipinski definition) is 0. The lowest BCUT2D eigenvalue weighted by Crippen LogP contribution is -1.89. The molecule has 0 heteroatoms. The van der Waals surface area contributed by atoms with Crippen molar-refractivity contribution in [2.45, 2.75) is 83.1 Å². The second-order valence-electron chi connectivity index (χ2n) is 3.25. The van der Waals surface area contributed by atoms with E-state index in [1.165, 1.54) is 11.1 Å². The second kappa shape index (κ2) is 36.1. The SMILES string of the molecule is C=CC.CC.CC.CC.CC(C)=C(C)C(C)C. The average Bonchev–Trinajstić information content (AvgIpc) is 2.36. The normalized spacial score (nSPS) is 6.41. The summed E-state index contributed by atoms with van der Waals surface area (Å²) in [5.74, 6) is 0.722. The lowest BCUT2D eigenvalue weighted by atomic mass is 10.0. The first-order valence-electron chi connectivity index (χ1n) is 7.18. The largest absolute Gasteiger partial charge is 0.103 e. The van der Waals surface area contributed by atoms with Gasteiger partial charge in [-0.15, -0.1) is 6.58 Å². The lowest BCUT2D eigenvalue weighted by molar-refractivity contribution is 0.756. The van der Waals surface area contributed by atoms with Crippen LogP contribution in [0.1, 0.15) is 83.1 Å². The number of allylic oxidation sites excluding steroid dienone is 3. The Hall–Kier alpha value is -0.520. The molecule has 0 aromatic carbocycles. The summed E-state index contributed by atoms with van der Waals surface area (Å²) in [4.78, 5) is 0. The van der Waals surface area contributed by atoms with Crippen molar-refractivity contribution in [3.05, 3.63) is 23.8 Å². The minimum absolute atomic E-state index is 0.722. The fourth-order valence-electron chi connectivity index (χ4n) is 0.577. The molecule has 0 nitrogen and oxygen atoms in total. The van der Waals surface area contributed by atoms with E-state index in [1.807, 2.05) is 48.5 Å². The van der Waals surface area contributed by atoms with Gasteiger partial charge in [0.25, 0.3) is 0 Å². The number of hydrogen-bond acceptors (Lipinski definition) is 0. The van der Waals surface area contributed by atoms with E-state index in [2.05, 4.69) is 41.2 Å². The maximum Gasteiger partial charge on any atom is -0.0260 e. The molecule has 17 heavy (non-hydrogen) atoms. The van der Waals surface area contributed by atoms with Gasteiger partial charge in [-0.3, -0.25) is 0 Å². The van der Waals surface area contributed by atoms with Crippen molar-refractivity contribution in [3.8, 4) is 0 Å². The van der Waals surface area contributed by atoms with Crippen LogP contribution in [0.25, 0.3) is 0 Å². The summed E-state index contributed by atoms with van der Waals surface area (Å²) >= 11 is 0. The molecule has 0 aliphatic carbocycles. The van der Waals surface area contributed by atoms with Gasteiger partial charge in [0.1, 0.15) is 0 Å². The monoisotopic (exact) mass is 244 g/mol. The first kappa shape index (κ1) is 30.0. The van der Waals surface area contributed by atoms with Crippen LogP contribution in [0.5, 0.6) is 0 Å². The Morgan fingerprint density at radius 1 is 0.824 bits per heavy atom. The van der Waals surface area contributed by atoms with Crippen LogP contribution in [-0.4, -0.2) is 0 Å². The van der Waals surface area contributed by atoms with Crippen LogP contribution in [0.3, 0.4) is 0 Å². The molecule has 0 aromatic heterocycles. The average molecular weight is 245 g/mol. The standard InChI is InChI=1S/C8H16.C3H6.3C2H6/c1-6(2)8(5)7(3)4;1-3-2;3*1-2/h6H,1-5H3;3H,1H2,2H3;3*1-2H3. The zero-order valence-corrected chi connectivity index (χ0v) is 14.9. The van der Waals surface area contributed by atoms with Gasteiger partial charge in [-0.05, 0) is 33.6 Å². The smallest absolute Gasteiger partial charge is 0.0260 e. The molecule has 0 saturated carbocycles. The lowest BCUT2D eigenvalue weighted by Gasteiger charge is -2.05. The maximum absolute atomic E-state index is 3.36. The van der Waals surface area contributed by atoms with Crippen molar-refractivity contribution >= 4 is 0 Å². The highest BCUT2D eigenvalue weighted by Gasteiger charge is 1.95. The van der Waals surface area contributed by atoms with Gasteiger partial charge in [-0.2, -0.15) is 0 Å². The summed E-state index contributed by atoms with van der Waals surface area (Å²) < 4.78 is 0. The first-order chi connectivity index (χ1) is 7.97. The summed E-state index contributed by atoms with van der Waals surface area (Å²) in [5, 5.41) is 0. The molecule has 0 rings (SSSR count). The molecule has 0 atom stereocenters. The third-order valence-electron chi connectivity index (χ3n) is 1.65. The number of rotatable bonds is 1. The van der Waals surface area contributed by atoms with Gasteiger partial charge in [-0.1, -0.05) is 72.6 Å². The van der Waals surface area contributed by atoms with Gasteiger partial charge in [-0.25, -0.2) is 0 Å². The molecule has 0 aromatic rings. The Labute approximate surface area is 113 Å². The van der Waals surface area contributed by atoms with E-state index in [0.29, 0.717) is 0 Å². The summed E-state index contributed by atoms with van der Waals surface area (Å²) in [6.07, 6.45) is 1.75. The highest BCUT2D eigenvalue weighted by molar-refractivity contribution is 5.08. The van der Waals surface area contributed by atoms with Crippen LogP contribution in [0.2, 0.25) is 0 Å². The topological polar surface area (TPSA) is 0 Å². The van der Waals surface area contributed by atoms with Gasteiger partial charge >= 0.3 is 0 Å². The van der Waals surface area contributed by atoms with E-state index in [0.717, 1.165) is 5.92 Å². The van der Waals surface area contributed by atoms with Gasteiger partial charge in [0.05, 0.1) is 0 Å². The zero-order chi connectivity index (χ0) is 15.4. The van der Waals surface area contributed by atoms with Gasteiger partial charge in [0.2, 0.25) is 0 Å². The van der Waals surface area contributed by atoms with Crippen molar-refractivity contribution in [3.63, 3.8) is 0 Å². The molecule has 0 amide bonds. The molecule has 0 aliphatic rings. The third kappa shape index (κ3) is 50.3. The van der Waals surface area contributed by atoms with Gasteiger partial charge in [0, 0.05) is 0 Å². The fourth-order valence-corrected chi connectivity index (χ4v) is 0.577. The Bertz CT molecular complexity index is 123. The second-order valence-corrected chi connectivity index (χ2v) is 3.25. The molecule has 0 saturated heterocycles. The molecular weight excluding hydrogens is 204 g/mol. The van der Waals surface area contributed by atoms with Crippen molar-refractivity contribution in [2.24, 2.45) is 5.92 Å². The van der Waals surface area contributed by atoms with E-state index < -0.39 is 0 Å². The van der Waals surface area contributed by atoms with Gasteiger partial charge < -0.3 is 0 Å². The molecule has 0 aliphatic heterocycles. The summed E-state index contributed by atoms with van der Waals surface area (Å²) in [7, 11) is 0. The van der Waals surface area contributed by atoms with E-state index in [4.69, 9.17) is 0 Å². The first-order valence-corrected chi connectivity index (χ1v) is 7.18. The Morgan fingerprint density at radius 2 is 1.00 bits per heavy atom. The van der Waals surface area contributed by atoms with E-state index in [1.54, 1.807) is 6.08 Å². The molecule has 108 valence electrons. The Balaban J connectivity index is -0.0000000448. The van der Waals surface area contributed by atoms with Crippen molar-refractivity contribution in [2.75, 3.05) is 0 Å². The van der Waals surface area contributed by atoms with E-state index >= 15 is 0 Å². The predicted molar refractivity (Wildman–Crippen MR) is 88.8 cm³/mol. The van der Waals surface area contributed by atoms with Crippen molar-refractivity contribution < 1.29 is 0 Å². The molecule has 0 heterocycles. The minimum atomic E-state index is 0.722. The summed E-state index contributed by atoms with van der Waals surface area (Å²) in [6, 6.07) is 0. The van der Waals surface area contributed by atoms with Crippen LogP contribution in [0.4, 0.5) is 0 Å². The minimum Gasteiger partial charge on any atom is -0.103 e. The predicted octanol–water partition coefficient (Wildman–Crippen LogP) is 7.27. The highest BCUT2D eigenvalue weighted by Crippen LogP contribution is 2.11. The maximum atomic E-state index is 3.36. The molecule has 0 N–H and O–H groups in total. The molecule has 0 bridgehead atoms. The summed E-state index contributed by atoms with van der Waals surface area (Å²) in [5.41, 5.74) is 2.98. The molecule has 0 spiro atoms. The van der Waals surface area contributed by atoms with Gasteiger partial charge in [0.15, 0.2) is 0 Å². The van der Waals surface area contributed by atoms with Crippen LogP contribution in [0, 0.1) is 5.92 Å².